The van der Waals surface area contributed by atoms with Gasteiger partial charge in [-0.25, -0.2) is 0 Å². The molecule has 0 aromatic heterocycles. The van der Waals surface area contributed by atoms with Crippen molar-refractivity contribution in [3.8, 4) is 0 Å². The van der Waals surface area contributed by atoms with Crippen LogP contribution in [0.25, 0.3) is 0 Å². The average molecular weight is 304 g/mol. The molecule has 5 heteroatoms. The molecule has 1 amide bonds. The number of carbonyl (C=O) groups excluding carboxylic acids is 1. The fraction of sp³-hybridized carbons (Fsp3) is 0.188. The highest BCUT2D eigenvalue weighted by atomic mass is 35.5. The Labute approximate surface area is 129 Å². The van der Waals surface area contributed by atoms with E-state index in [0.717, 1.165) is 11.3 Å². The highest BCUT2D eigenvalue weighted by Gasteiger charge is 2.11. The van der Waals surface area contributed by atoms with Crippen molar-refractivity contribution < 1.29 is 4.79 Å². The molecule has 0 aliphatic carbocycles. The van der Waals surface area contributed by atoms with Gasteiger partial charge in [0, 0.05) is 31.0 Å². The second kappa shape index (κ2) is 6.06. The third kappa shape index (κ3) is 3.47. The number of hydrogen-bond acceptors (Lipinski definition) is 3. The van der Waals surface area contributed by atoms with Gasteiger partial charge in [0.2, 0.25) is 0 Å². The molecule has 4 nitrogen and oxygen atoms in total. The molecule has 0 aliphatic rings. The quantitative estimate of drug-likeness (QED) is 0.853. The molecule has 0 radical (unpaired) electrons. The molecule has 0 spiro atoms. The lowest BCUT2D eigenvalue weighted by atomic mass is 10.1. The van der Waals surface area contributed by atoms with E-state index >= 15 is 0 Å². The first-order valence-corrected chi connectivity index (χ1v) is 6.90. The van der Waals surface area contributed by atoms with Crippen LogP contribution in [0.1, 0.15) is 15.9 Å². The Balaban J connectivity index is 2.22. The van der Waals surface area contributed by atoms with Gasteiger partial charge >= 0.3 is 0 Å². The van der Waals surface area contributed by atoms with Crippen molar-refractivity contribution in [2.24, 2.45) is 0 Å². The van der Waals surface area contributed by atoms with Crippen molar-refractivity contribution in [1.82, 2.24) is 0 Å². The lowest BCUT2D eigenvalue weighted by Crippen LogP contribution is -2.14. The van der Waals surface area contributed by atoms with E-state index in [1.807, 2.05) is 38.1 Å². The fourth-order valence-corrected chi connectivity index (χ4v) is 2.44. The van der Waals surface area contributed by atoms with Crippen LogP contribution in [0.15, 0.2) is 36.4 Å². The second-order valence-corrected chi connectivity index (χ2v) is 5.50. The predicted molar refractivity (Wildman–Crippen MR) is 89.3 cm³/mol. The number of amides is 1. The molecule has 0 saturated carbocycles. The first-order chi connectivity index (χ1) is 9.88. The van der Waals surface area contributed by atoms with Gasteiger partial charge in [-0.1, -0.05) is 11.6 Å². The molecule has 0 fully saturated rings. The number of rotatable bonds is 3. The van der Waals surface area contributed by atoms with Gasteiger partial charge in [0.05, 0.1) is 10.7 Å². The predicted octanol–water partition coefficient (Wildman–Crippen LogP) is 3.55. The molecule has 2 aromatic rings. The number of nitrogens with one attached hydrogen (secondary N) is 1. The van der Waals surface area contributed by atoms with Crippen LogP contribution >= 0.6 is 11.6 Å². The number of halogens is 1. The first-order valence-electron chi connectivity index (χ1n) is 6.53. The number of anilines is 3. The molecule has 0 bridgehead atoms. The zero-order valence-corrected chi connectivity index (χ0v) is 13.0. The molecule has 21 heavy (non-hydrogen) atoms. The summed E-state index contributed by atoms with van der Waals surface area (Å²) in [5.74, 6) is -0.179. The second-order valence-electron chi connectivity index (χ2n) is 5.09. The molecule has 0 heterocycles. The van der Waals surface area contributed by atoms with Crippen LogP contribution in [-0.4, -0.2) is 20.0 Å². The van der Waals surface area contributed by atoms with Gasteiger partial charge in [0.1, 0.15) is 0 Å². The number of aryl methyl sites for hydroxylation is 1. The molecule has 3 N–H and O–H groups in total. The van der Waals surface area contributed by atoms with Crippen LogP contribution in [-0.2, 0) is 0 Å². The standard InChI is InChI=1S/C16H18ClN3O/c1-10-8-11(18)4-6-13(10)16(21)19-12-5-7-15(20(2)3)14(17)9-12/h4-9H,18H2,1-3H3,(H,19,21). The summed E-state index contributed by atoms with van der Waals surface area (Å²) in [6, 6.07) is 10.6. The van der Waals surface area contributed by atoms with Crippen LogP contribution in [0.3, 0.4) is 0 Å². The number of nitrogen functional groups attached to an aromatic ring is 1. The molecule has 2 aromatic carbocycles. The summed E-state index contributed by atoms with van der Waals surface area (Å²) in [6.45, 7) is 1.85. The van der Waals surface area contributed by atoms with E-state index in [1.165, 1.54) is 0 Å². The Bertz CT molecular complexity index is 683. The Morgan fingerprint density at radius 1 is 1.19 bits per heavy atom. The van der Waals surface area contributed by atoms with Gasteiger partial charge in [0.25, 0.3) is 5.91 Å². The van der Waals surface area contributed by atoms with Crippen LogP contribution in [0, 0.1) is 6.92 Å². The molecule has 0 atom stereocenters. The number of hydrogen-bond donors (Lipinski definition) is 2. The van der Waals surface area contributed by atoms with Gasteiger partial charge in [-0.15, -0.1) is 0 Å². The summed E-state index contributed by atoms with van der Waals surface area (Å²) in [5, 5.41) is 3.43. The molecule has 0 aliphatic heterocycles. The first kappa shape index (κ1) is 15.2. The number of nitrogens with zero attached hydrogens (tertiary/aromatic N) is 1. The van der Waals surface area contributed by atoms with Crippen LogP contribution in [0.2, 0.25) is 5.02 Å². The lowest BCUT2D eigenvalue weighted by molar-refractivity contribution is 0.102. The van der Waals surface area contributed by atoms with E-state index in [1.54, 1.807) is 24.3 Å². The van der Waals surface area contributed by atoms with Gasteiger partial charge in [0.15, 0.2) is 0 Å². The molecule has 0 unspecified atom stereocenters. The number of nitrogens with two attached hydrogens (primary N) is 1. The minimum absolute atomic E-state index is 0.179. The fourth-order valence-electron chi connectivity index (χ4n) is 2.09. The Hall–Kier alpha value is -2.20. The van der Waals surface area contributed by atoms with Crippen LogP contribution in [0.4, 0.5) is 17.1 Å². The van der Waals surface area contributed by atoms with Gasteiger partial charge in [-0.3, -0.25) is 4.79 Å². The number of benzene rings is 2. The highest BCUT2D eigenvalue weighted by molar-refractivity contribution is 6.33. The van der Waals surface area contributed by atoms with E-state index in [9.17, 15) is 4.79 Å². The summed E-state index contributed by atoms with van der Waals surface area (Å²) in [5.41, 5.74) is 9.32. The maximum atomic E-state index is 12.3. The van der Waals surface area contributed by atoms with E-state index in [0.29, 0.717) is 22.0 Å². The Kier molecular flexibility index (Phi) is 4.38. The number of carbonyl (C=O) groups is 1. The Morgan fingerprint density at radius 2 is 1.90 bits per heavy atom. The van der Waals surface area contributed by atoms with Crippen molar-refractivity contribution in [3.05, 3.63) is 52.5 Å². The molecule has 110 valence electrons. The zero-order valence-electron chi connectivity index (χ0n) is 12.3. The molecule has 2 rings (SSSR count). The summed E-state index contributed by atoms with van der Waals surface area (Å²) < 4.78 is 0. The highest BCUT2D eigenvalue weighted by Crippen LogP contribution is 2.27. The van der Waals surface area contributed by atoms with Gasteiger partial charge in [-0.05, 0) is 48.9 Å². The normalized spacial score (nSPS) is 10.3. The molecular formula is C16H18ClN3O. The summed E-state index contributed by atoms with van der Waals surface area (Å²) in [6.07, 6.45) is 0. The lowest BCUT2D eigenvalue weighted by Gasteiger charge is -2.15. The van der Waals surface area contributed by atoms with Crippen LogP contribution in [0.5, 0.6) is 0 Å². The monoisotopic (exact) mass is 303 g/mol. The van der Waals surface area contributed by atoms with Crippen molar-refractivity contribution >= 4 is 34.6 Å². The zero-order chi connectivity index (χ0) is 15.6. The average Bonchev–Trinajstić information content (AvgIpc) is 2.37. The van der Waals surface area contributed by atoms with Crippen molar-refractivity contribution in [3.63, 3.8) is 0 Å². The minimum atomic E-state index is -0.179. The van der Waals surface area contributed by atoms with Crippen molar-refractivity contribution in [2.75, 3.05) is 30.0 Å². The SMILES string of the molecule is Cc1cc(N)ccc1C(=O)Nc1ccc(N(C)C)c(Cl)c1. The van der Waals surface area contributed by atoms with Crippen molar-refractivity contribution in [1.29, 1.82) is 0 Å². The third-order valence-electron chi connectivity index (χ3n) is 3.18. The van der Waals surface area contributed by atoms with E-state index in [4.69, 9.17) is 17.3 Å². The summed E-state index contributed by atoms with van der Waals surface area (Å²) in [7, 11) is 3.83. The van der Waals surface area contributed by atoms with Gasteiger partial charge in [-0.2, -0.15) is 0 Å². The van der Waals surface area contributed by atoms with Crippen LogP contribution < -0.4 is 16.0 Å². The molecule has 0 saturated heterocycles. The van der Waals surface area contributed by atoms with E-state index in [-0.39, 0.29) is 5.91 Å². The molecular weight excluding hydrogens is 286 g/mol. The van der Waals surface area contributed by atoms with Crippen molar-refractivity contribution in [2.45, 2.75) is 6.92 Å². The summed E-state index contributed by atoms with van der Waals surface area (Å²) in [4.78, 5) is 14.2. The maximum absolute atomic E-state index is 12.3. The largest absolute Gasteiger partial charge is 0.399 e. The van der Waals surface area contributed by atoms with E-state index < -0.39 is 0 Å². The third-order valence-corrected chi connectivity index (χ3v) is 3.49. The minimum Gasteiger partial charge on any atom is -0.399 e. The maximum Gasteiger partial charge on any atom is 0.255 e. The van der Waals surface area contributed by atoms with E-state index in [2.05, 4.69) is 5.32 Å². The smallest absolute Gasteiger partial charge is 0.255 e. The topological polar surface area (TPSA) is 58.4 Å². The Morgan fingerprint density at radius 3 is 2.48 bits per heavy atom. The summed E-state index contributed by atoms with van der Waals surface area (Å²) >= 11 is 6.20. The van der Waals surface area contributed by atoms with Gasteiger partial charge < -0.3 is 16.0 Å².